The molecule has 1 aliphatic rings. The highest BCUT2D eigenvalue weighted by atomic mass is 16.5. The third-order valence-electron chi connectivity index (χ3n) is 3.25. The summed E-state index contributed by atoms with van der Waals surface area (Å²) in [5, 5.41) is 12.4. The van der Waals surface area contributed by atoms with E-state index in [4.69, 9.17) is 4.74 Å². The lowest BCUT2D eigenvalue weighted by molar-refractivity contribution is -0.122. The standard InChI is InChI=1S/C14H27NO3/c1-11(2)9-12(16)10-15-14(17)7-6-13-5-3-4-8-18-13/h11-13,16H,3-10H2,1-2H3,(H,15,17). The zero-order chi connectivity index (χ0) is 13.4. The van der Waals surface area contributed by atoms with Crippen LogP contribution in [-0.4, -0.2) is 36.4 Å². The van der Waals surface area contributed by atoms with Gasteiger partial charge in [0.15, 0.2) is 0 Å². The van der Waals surface area contributed by atoms with E-state index in [9.17, 15) is 9.90 Å². The number of amides is 1. The fourth-order valence-corrected chi connectivity index (χ4v) is 2.27. The molecule has 0 saturated carbocycles. The first-order valence-electron chi connectivity index (χ1n) is 7.14. The first-order valence-corrected chi connectivity index (χ1v) is 7.14. The summed E-state index contributed by atoms with van der Waals surface area (Å²) in [5.41, 5.74) is 0. The van der Waals surface area contributed by atoms with Gasteiger partial charge < -0.3 is 15.2 Å². The fraction of sp³-hybridized carbons (Fsp3) is 0.929. The maximum atomic E-state index is 11.6. The Balaban J connectivity index is 2.06. The summed E-state index contributed by atoms with van der Waals surface area (Å²) in [6, 6.07) is 0. The largest absolute Gasteiger partial charge is 0.391 e. The Morgan fingerprint density at radius 2 is 2.22 bits per heavy atom. The lowest BCUT2D eigenvalue weighted by Crippen LogP contribution is -2.33. The molecule has 106 valence electrons. The number of carbonyl (C=O) groups excluding carboxylic acids is 1. The first kappa shape index (κ1) is 15.4. The SMILES string of the molecule is CC(C)CC(O)CNC(=O)CCC1CCCCO1. The molecule has 1 aliphatic heterocycles. The third-order valence-corrected chi connectivity index (χ3v) is 3.25. The van der Waals surface area contributed by atoms with Crippen LogP contribution < -0.4 is 5.32 Å². The van der Waals surface area contributed by atoms with Crippen molar-refractivity contribution in [2.75, 3.05) is 13.2 Å². The maximum absolute atomic E-state index is 11.6. The van der Waals surface area contributed by atoms with Gasteiger partial charge in [-0.25, -0.2) is 0 Å². The van der Waals surface area contributed by atoms with Crippen LogP contribution in [0.4, 0.5) is 0 Å². The lowest BCUT2D eigenvalue weighted by Gasteiger charge is -2.22. The van der Waals surface area contributed by atoms with Crippen molar-refractivity contribution < 1.29 is 14.6 Å². The molecule has 2 N–H and O–H groups in total. The molecule has 1 amide bonds. The van der Waals surface area contributed by atoms with Gasteiger partial charge in [-0.15, -0.1) is 0 Å². The maximum Gasteiger partial charge on any atom is 0.220 e. The van der Waals surface area contributed by atoms with Crippen LogP contribution >= 0.6 is 0 Å². The van der Waals surface area contributed by atoms with Gasteiger partial charge >= 0.3 is 0 Å². The minimum absolute atomic E-state index is 0.0204. The Morgan fingerprint density at radius 3 is 2.83 bits per heavy atom. The molecule has 4 heteroatoms. The smallest absolute Gasteiger partial charge is 0.220 e. The highest BCUT2D eigenvalue weighted by molar-refractivity contribution is 5.75. The van der Waals surface area contributed by atoms with Crippen LogP contribution in [0.2, 0.25) is 0 Å². The van der Waals surface area contributed by atoms with Crippen LogP contribution in [0.5, 0.6) is 0 Å². The van der Waals surface area contributed by atoms with Gasteiger partial charge in [-0.3, -0.25) is 4.79 Å². The van der Waals surface area contributed by atoms with Gasteiger partial charge in [0.1, 0.15) is 0 Å². The number of hydrogen-bond donors (Lipinski definition) is 2. The predicted octanol–water partition coefficient (Wildman–Crippen LogP) is 1.86. The molecule has 0 radical (unpaired) electrons. The fourth-order valence-electron chi connectivity index (χ4n) is 2.27. The Morgan fingerprint density at radius 1 is 1.44 bits per heavy atom. The van der Waals surface area contributed by atoms with Gasteiger partial charge in [0, 0.05) is 19.6 Å². The van der Waals surface area contributed by atoms with Crippen LogP contribution in [0.1, 0.15) is 52.4 Å². The van der Waals surface area contributed by atoms with Gasteiger partial charge in [0.05, 0.1) is 12.2 Å². The summed E-state index contributed by atoms with van der Waals surface area (Å²) >= 11 is 0. The zero-order valence-electron chi connectivity index (χ0n) is 11.7. The van der Waals surface area contributed by atoms with Gasteiger partial charge in [-0.1, -0.05) is 13.8 Å². The van der Waals surface area contributed by atoms with E-state index < -0.39 is 6.10 Å². The summed E-state index contributed by atoms with van der Waals surface area (Å²) in [5.74, 6) is 0.472. The number of nitrogens with one attached hydrogen (secondary N) is 1. The van der Waals surface area contributed by atoms with E-state index in [2.05, 4.69) is 19.2 Å². The number of ether oxygens (including phenoxy) is 1. The Hall–Kier alpha value is -0.610. The lowest BCUT2D eigenvalue weighted by atomic mass is 10.0. The molecule has 2 unspecified atom stereocenters. The van der Waals surface area contributed by atoms with E-state index in [0.717, 1.165) is 32.3 Å². The van der Waals surface area contributed by atoms with E-state index in [-0.39, 0.29) is 12.0 Å². The van der Waals surface area contributed by atoms with Crippen molar-refractivity contribution in [2.24, 2.45) is 5.92 Å². The molecule has 0 bridgehead atoms. The van der Waals surface area contributed by atoms with Crippen LogP contribution in [0.3, 0.4) is 0 Å². The van der Waals surface area contributed by atoms with E-state index in [1.54, 1.807) is 0 Å². The first-order chi connectivity index (χ1) is 8.58. The van der Waals surface area contributed by atoms with Gasteiger partial charge in [-0.2, -0.15) is 0 Å². The minimum Gasteiger partial charge on any atom is -0.391 e. The quantitative estimate of drug-likeness (QED) is 0.732. The number of hydrogen-bond acceptors (Lipinski definition) is 3. The van der Waals surface area contributed by atoms with Crippen molar-refractivity contribution in [3.63, 3.8) is 0 Å². The summed E-state index contributed by atoms with van der Waals surface area (Å²) in [4.78, 5) is 11.6. The second kappa shape index (κ2) is 8.48. The second-order valence-electron chi connectivity index (χ2n) is 5.61. The van der Waals surface area contributed by atoms with Crippen molar-refractivity contribution in [3.8, 4) is 0 Å². The van der Waals surface area contributed by atoms with E-state index >= 15 is 0 Å². The second-order valence-corrected chi connectivity index (χ2v) is 5.61. The van der Waals surface area contributed by atoms with Crippen molar-refractivity contribution in [2.45, 2.75) is 64.6 Å². The predicted molar refractivity (Wildman–Crippen MR) is 71.3 cm³/mol. The van der Waals surface area contributed by atoms with E-state index in [0.29, 0.717) is 18.9 Å². The number of aliphatic hydroxyl groups excluding tert-OH is 1. The van der Waals surface area contributed by atoms with Crippen molar-refractivity contribution >= 4 is 5.91 Å². The van der Waals surface area contributed by atoms with E-state index in [1.165, 1.54) is 6.42 Å². The summed E-state index contributed by atoms with van der Waals surface area (Å²) < 4.78 is 5.58. The highest BCUT2D eigenvalue weighted by Gasteiger charge is 2.15. The number of aliphatic hydroxyl groups is 1. The molecule has 1 rings (SSSR count). The molecular formula is C14H27NO3. The zero-order valence-corrected chi connectivity index (χ0v) is 11.7. The number of carbonyl (C=O) groups is 1. The molecule has 0 aromatic carbocycles. The van der Waals surface area contributed by atoms with Gasteiger partial charge in [0.25, 0.3) is 0 Å². The van der Waals surface area contributed by atoms with Crippen LogP contribution in [0.15, 0.2) is 0 Å². The molecule has 4 nitrogen and oxygen atoms in total. The topological polar surface area (TPSA) is 58.6 Å². The van der Waals surface area contributed by atoms with Crippen molar-refractivity contribution in [1.29, 1.82) is 0 Å². The van der Waals surface area contributed by atoms with Crippen molar-refractivity contribution in [3.05, 3.63) is 0 Å². The normalized spacial score (nSPS) is 21.9. The average molecular weight is 257 g/mol. The average Bonchev–Trinajstić information content (AvgIpc) is 2.34. The van der Waals surface area contributed by atoms with E-state index in [1.807, 2.05) is 0 Å². The molecule has 18 heavy (non-hydrogen) atoms. The highest BCUT2D eigenvalue weighted by Crippen LogP contribution is 2.16. The minimum atomic E-state index is -0.431. The molecule has 1 saturated heterocycles. The molecule has 0 aliphatic carbocycles. The van der Waals surface area contributed by atoms with Crippen LogP contribution in [0.25, 0.3) is 0 Å². The molecular weight excluding hydrogens is 230 g/mol. The number of rotatable bonds is 7. The van der Waals surface area contributed by atoms with Crippen LogP contribution in [-0.2, 0) is 9.53 Å². The molecule has 1 fully saturated rings. The van der Waals surface area contributed by atoms with Gasteiger partial charge in [-0.05, 0) is 38.0 Å². The van der Waals surface area contributed by atoms with Gasteiger partial charge in [0.2, 0.25) is 5.91 Å². The van der Waals surface area contributed by atoms with Crippen molar-refractivity contribution in [1.82, 2.24) is 5.32 Å². The summed E-state index contributed by atoms with van der Waals surface area (Å²) in [6.45, 7) is 5.32. The monoisotopic (exact) mass is 257 g/mol. The molecule has 2 atom stereocenters. The Kier molecular flexibility index (Phi) is 7.28. The summed E-state index contributed by atoms with van der Waals surface area (Å²) in [6.07, 6.45) is 5.27. The molecule has 1 heterocycles. The molecule has 0 aromatic heterocycles. The molecule has 0 spiro atoms. The molecule has 0 aromatic rings. The summed E-state index contributed by atoms with van der Waals surface area (Å²) in [7, 11) is 0. The Bertz CT molecular complexity index is 237. The Labute approximate surface area is 110 Å². The third kappa shape index (κ3) is 6.97. The van der Waals surface area contributed by atoms with Crippen LogP contribution in [0, 0.1) is 5.92 Å².